The summed E-state index contributed by atoms with van der Waals surface area (Å²) in [5.74, 6) is 1.54. The van der Waals surface area contributed by atoms with Crippen LogP contribution in [0.15, 0.2) is 41.4 Å². The maximum absolute atomic E-state index is 8.94. The Morgan fingerprint density at radius 2 is 2.05 bits per heavy atom. The topological polar surface area (TPSA) is 49.6 Å². The lowest BCUT2D eigenvalue weighted by Gasteiger charge is -2.04. The molecular formula is C17H15N3S2. The second kappa shape index (κ2) is 6.47. The predicted molar refractivity (Wildman–Crippen MR) is 93.1 cm³/mol. The second-order valence-corrected chi connectivity index (χ2v) is 7.15. The number of benzene rings is 1. The van der Waals surface area contributed by atoms with Crippen LogP contribution >= 0.6 is 23.1 Å². The molecule has 0 saturated heterocycles. The van der Waals surface area contributed by atoms with Crippen molar-refractivity contribution in [2.45, 2.75) is 18.9 Å². The van der Waals surface area contributed by atoms with Crippen LogP contribution in [-0.4, -0.2) is 15.7 Å². The SMILES string of the molecule is Cc1nc(SC[C@@H](C)C#N)c2cc(-c3ccccc3)sc2n1. The fraction of sp³-hybridized carbons (Fsp3) is 0.235. The number of hydrogen-bond acceptors (Lipinski definition) is 5. The normalized spacial score (nSPS) is 12.2. The van der Waals surface area contributed by atoms with Gasteiger partial charge in [-0.1, -0.05) is 30.3 Å². The molecule has 3 aromatic rings. The van der Waals surface area contributed by atoms with Gasteiger partial charge in [-0.25, -0.2) is 9.97 Å². The first-order chi connectivity index (χ1) is 10.7. The predicted octanol–water partition coefficient (Wildman–Crippen LogP) is 4.92. The Balaban J connectivity index is 2.02. The molecule has 0 fully saturated rings. The molecule has 110 valence electrons. The summed E-state index contributed by atoms with van der Waals surface area (Å²) >= 11 is 3.33. The minimum absolute atomic E-state index is 0.0163. The van der Waals surface area contributed by atoms with Crippen molar-refractivity contribution >= 4 is 33.3 Å². The summed E-state index contributed by atoms with van der Waals surface area (Å²) in [5, 5.41) is 11.0. The molecule has 0 spiro atoms. The van der Waals surface area contributed by atoms with Crippen LogP contribution < -0.4 is 0 Å². The first kappa shape index (κ1) is 15.0. The van der Waals surface area contributed by atoms with E-state index in [0.717, 1.165) is 26.8 Å². The third-order valence-electron chi connectivity index (χ3n) is 3.22. The van der Waals surface area contributed by atoms with Crippen molar-refractivity contribution in [2.24, 2.45) is 5.92 Å². The minimum atomic E-state index is 0.0163. The molecule has 2 aromatic heterocycles. The van der Waals surface area contributed by atoms with Crippen LogP contribution in [0.4, 0.5) is 0 Å². The molecular weight excluding hydrogens is 310 g/mol. The third kappa shape index (κ3) is 3.13. The van der Waals surface area contributed by atoms with Gasteiger partial charge in [-0.05, 0) is 25.5 Å². The van der Waals surface area contributed by atoms with Gasteiger partial charge < -0.3 is 0 Å². The maximum Gasteiger partial charge on any atom is 0.128 e. The number of thioether (sulfide) groups is 1. The molecule has 22 heavy (non-hydrogen) atoms. The van der Waals surface area contributed by atoms with Crippen molar-refractivity contribution in [2.75, 3.05) is 5.75 Å². The Hall–Kier alpha value is -1.90. The fourth-order valence-corrected chi connectivity index (χ4v) is 4.23. The highest BCUT2D eigenvalue weighted by molar-refractivity contribution is 7.99. The number of aromatic nitrogens is 2. The molecule has 1 atom stereocenters. The average molecular weight is 325 g/mol. The molecule has 1 aromatic carbocycles. The van der Waals surface area contributed by atoms with E-state index in [0.29, 0.717) is 0 Å². The van der Waals surface area contributed by atoms with Gasteiger partial charge in [0, 0.05) is 16.0 Å². The van der Waals surface area contributed by atoms with Crippen molar-refractivity contribution in [3.63, 3.8) is 0 Å². The second-order valence-electron chi connectivity index (χ2n) is 5.11. The number of nitrogens with zero attached hydrogens (tertiary/aromatic N) is 3. The summed E-state index contributed by atoms with van der Waals surface area (Å²) in [4.78, 5) is 11.3. The van der Waals surface area contributed by atoms with E-state index in [2.05, 4.69) is 34.2 Å². The van der Waals surface area contributed by atoms with Gasteiger partial charge in [0.2, 0.25) is 0 Å². The Labute approximate surface area is 138 Å². The van der Waals surface area contributed by atoms with Crippen LogP contribution in [0.2, 0.25) is 0 Å². The van der Waals surface area contributed by atoms with Crippen molar-refractivity contribution in [1.29, 1.82) is 5.26 Å². The molecule has 5 heteroatoms. The quantitative estimate of drug-likeness (QED) is 0.505. The minimum Gasteiger partial charge on any atom is -0.226 e. The van der Waals surface area contributed by atoms with E-state index in [4.69, 9.17) is 5.26 Å². The maximum atomic E-state index is 8.94. The lowest BCUT2D eigenvalue weighted by atomic mass is 10.2. The summed E-state index contributed by atoms with van der Waals surface area (Å²) in [5.41, 5.74) is 1.20. The summed E-state index contributed by atoms with van der Waals surface area (Å²) < 4.78 is 0. The lowest BCUT2D eigenvalue weighted by molar-refractivity contribution is 0.861. The Morgan fingerprint density at radius 3 is 2.77 bits per heavy atom. The molecule has 0 N–H and O–H groups in total. The van der Waals surface area contributed by atoms with Crippen LogP contribution in [0.3, 0.4) is 0 Å². The zero-order chi connectivity index (χ0) is 15.5. The van der Waals surface area contributed by atoms with Crippen LogP contribution in [-0.2, 0) is 0 Å². The van der Waals surface area contributed by atoms with Gasteiger partial charge in [0.15, 0.2) is 0 Å². The molecule has 0 aliphatic heterocycles. The van der Waals surface area contributed by atoms with E-state index in [9.17, 15) is 0 Å². The van der Waals surface area contributed by atoms with Crippen LogP contribution in [0.5, 0.6) is 0 Å². The van der Waals surface area contributed by atoms with Gasteiger partial charge in [-0.15, -0.1) is 23.1 Å². The molecule has 0 aliphatic rings. The summed E-state index contributed by atoms with van der Waals surface area (Å²) in [6.07, 6.45) is 0. The molecule has 0 amide bonds. The largest absolute Gasteiger partial charge is 0.226 e. The molecule has 0 aliphatic carbocycles. The molecule has 0 unspecified atom stereocenters. The standard InChI is InChI=1S/C17H15N3S2/c1-11(9-18)10-21-16-14-8-15(13-6-4-3-5-7-13)22-17(14)20-12(2)19-16/h3-8,11H,10H2,1-2H3/t11-/m0/s1. The zero-order valence-corrected chi connectivity index (χ0v) is 14.0. The molecule has 0 radical (unpaired) electrons. The Kier molecular flexibility index (Phi) is 4.41. The highest BCUT2D eigenvalue weighted by Gasteiger charge is 2.13. The molecule has 0 bridgehead atoms. The molecule has 3 nitrogen and oxygen atoms in total. The van der Waals surface area contributed by atoms with Gasteiger partial charge in [-0.2, -0.15) is 5.26 Å². The molecule has 2 heterocycles. The van der Waals surface area contributed by atoms with Crippen molar-refractivity contribution in [3.8, 4) is 16.5 Å². The highest BCUT2D eigenvalue weighted by atomic mass is 32.2. The zero-order valence-electron chi connectivity index (χ0n) is 12.4. The van der Waals surface area contributed by atoms with Crippen molar-refractivity contribution in [1.82, 2.24) is 9.97 Å². The molecule has 3 rings (SSSR count). The fourth-order valence-electron chi connectivity index (χ4n) is 2.09. The van der Waals surface area contributed by atoms with Gasteiger partial charge in [-0.3, -0.25) is 0 Å². The van der Waals surface area contributed by atoms with Crippen LogP contribution in [0, 0.1) is 24.2 Å². The number of aryl methyl sites for hydroxylation is 1. The van der Waals surface area contributed by atoms with E-state index >= 15 is 0 Å². The van der Waals surface area contributed by atoms with Crippen molar-refractivity contribution < 1.29 is 0 Å². The third-order valence-corrected chi connectivity index (χ3v) is 5.55. The summed E-state index contributed by atoms with van der Waals surface area (Å²) in [6, 6.07) is 14.7. The highest BCUT2D eigenvalue weighted by Crippen LogP contribution is 2.36. The van der Waals surface area contributed by atoms with Gasteiger partial charge in [0.1, 0.15) is 15.7 Å². The number of fused-ring (bicyclic) bond motifs is 1. The smallest absolute Gasteiger partial charge is 0.128 e. The number of rotatable bonds is 4. The first-order valence-electron chi connectivity index (χ1n) is 7.03. The monoisotopic (exact) mass is 325 g/mol. The Bertz CT molecular complexity index is 834. The molecule has 0 saturated carbocycles. The number of hydrogen-bond donors (Lipinski definition) is 0. The van der Waals surface area contributed by atoms with E-state index in [1.54, 1.807) is 23.1 Å². The average Bonchev–Trinajstić information content (AvgIpc) is 2.97. The van der Waals surface area contributed by atoms with Crippen LogP contribution in [0.25, 0.3) is 20.7 Å². The van der Waals surface area contributed by atoms with E-state index in [-0.39, 0.29) is 5.92 Å². The number of thiophene rings is 1. The van der Waals surface area contributed by atoms with Gasteiger partial charge in [0.05, 0.1) is 12.0 Å². The Morgan fingerprint density at radius 1 is 1.27 bits per heavy atom. The summed E-state index contributed by atoms with van der Waals surface area (Å²) in [7, 11) is 0. The van der Waals surface area contributed by atoms with Gasteiger partial charge >= 0.3 is 0 Å². The van der Waals surface area contributed by atoms with Crippen molar-refractivity contribution in [3.05, 3.63) is 42.2 Å². The van der Waals surface area contributed by atoms with Gasteiger partial charge in [0.25, 0.3) is 0 Å². The van der Waals surface area contributed by atoms with E-state index < -0.39 is 0 Å². The number of nitriles is 1. The summed E-state index contributed by atoms with van der Waals surface area (Å²) in [6.45, 7) is 3.85. The van der Waals surface area contributed by atoms with E-state index in [1.165, 1.54) is 10.4 Å². The van der Waals surface area contributed by atoms with Crippen LogP contribution in [0.1, 0.15) is 12.7 Å². The lowest BCUT2D eigenvalue weighted by Crippen LogP contribution is -1.96. The first-order valence-corrected chi connectivity index (χ1v) is 8.83. The van der Waals surface area contributed by atoms with E-state index in [1.807, 2.05) is 32.0 Å².